The lowest BCUT2D eigenvalue weighted by atomic mass is 10.1. The van der Waals surface area contributed by atoms with E-state index in [2.05, 4.69) is 91.0 Å². The van der Waals surface area contributed by atoms with E-state index in [-0.39, 0.29) is 9.76 Å². The second kappa shape index (κ2) is 7.85. The van der Waals surface area contributed by atoms with Crippen LogP contribution in [0.25, 0.3) is 22.0 Å². The Kier molecular flexibility index (Phi) is 4.94. The largest absolute Gasteiger partial charge is 0.536 e. The van der Waals surface area contributed by atoms with Crippen LogP contribution in [0.2, 0.25) is 0 Å². The summed E-state index contributed by atoms with van der Waals surface area (Å²) in [5, 5.41) is 3.61. The molecule has 0 bridgehead atoms. The quantitative estimate of drug-likeness (QED) is 0.315. The second-order valence-corrected chi connectivity index (χ2v) is 6.99. The predicted molar refractivity (Wildman–Crippen MR) is 111 cm³/mol. The van der Waals surface area contributed by atoms with Crippen LogP contribution in [-0.2, 0) is 0 Å². The van der Waals surface area contributed by atoms with Crippen molar-refractivity contribution in [2.45, 2.75) is 0 Å². The molecule has 0 aliphatic rings. The smallest absolute Gasteiger partial charge is 0.351 e. The van der Waals surface area contributed by atoms with E-state index >= 15 is 0 Å². The van der Waals surface area contributed by atoms with Gasteiger partial charge in [-0.1, -0.05) is 97.1 Å². The highest BCUT2D eigenvalue weighted by atomic mass is 28.2. The molecule has 0 unspecified atom stereocenters. The molecule has 0 atom stereocenters. The van der Waals surface area contributed by atoms with Crippen LogP contribution in [0.5, 0.6) is 5.75 Å². The first-order valence-electron chi connectivity index (χ1n) is 8.62. The van der Waals surface area contributed by atoms with Crippen molar-refractivity contribution in [1.82, 2.24) is 0 Å². The fraction of sp³-hybridized carbons (Fsp3) is 0. The van der Waals surface area contributed by atoms with Crippen LogP contribution in [0.4, 0.5) is 0 Å². The van der Waals surface area contributed by atoms with E-state index < -0.39 is 0 Å². The van der Waals surface area contributed by atoms with Gasteiger partial charge in [-0.15, -0.1) is 0 Å². The molecule has 4 rings (SSSR count). The summed E-state index contributed by atoms with van der Waals surface area (Å²) in [5.41, 5.74) is 2.37. The Morgan fingerprint density at radius 3 is 2.08 bits per heavy atom. The Hall–Kier alpha value is -3.10. The van der Waals surface area contributed by atoms with Crippen LogP contribution < -0.4 is 4.43 Å². The third kappa shape index (κ3) is 3.93. The zero-order chi connectivity index (χ0) is 17.6. The molecule has 0 fully saturated rings. The first-order chi connectivity index (χ1) is 12.9. The van der Waals surface area contributed by atoms with Crippen molar-refractivity contribution in [3.63, 3.8) is 0 Å². The minimum atomic E-state index is 0.236. The fourth-order valence-electron chi connectivity index (χ4n) is 2.85. The summed E-state index contributed by atoms with van der Waals surface area (Å²) >= 11 is 0. The standard InChI is InChI=1S/C24H18OSi/c1-3-9-19(10-4-1)17-24(21-12-5-2-6-13-21)26-25-23-16-15-20-11-7-8-14-22(20)18-23/h1-18H/b24-17-. The predicted octanol–water partition coefficient (Wildman–Crippen LogP) is 6.04. The molecule has 0 aliphatic heterocycles. The third-order valence-electron chi connectivity index (χ3n) is 4.20. The van der Waals surface area contributed by atoms with Crippen molar-refractivity contribution in [2.75, 3.05) is 0 Å². The van der Waals surface area contributed by atoms with Gasteiger partial charge < -0.3 is 4.43 Å². The average Bonchev–Trinajstić information content (AvgIpc) is 2.72. The molecule has 0 N–H and O–H groups in total. The Balaban J connectivity index is 1.61. The molecule has 0 aliphatic carbocycles. The van der Waals surface area contributed by atoms with Crippen molar-refractivity contribution >= 4 is 31.8 Å². The normalized spacial score (nSPS) is 11.5. The first-order valence-corrected chi connectivity index (χ1v) is 9.53. The lowest BCUT2D eigenvalue weighted by molar-refractivity contribution is 0.607. The highest BCUT2D eigenvalue weighted by Gasteiger charge is 2.07. The highest BCUT2D eigenvalue weighted by molar-refractivity contribution is 6.58. The zero-order valence-electron chi connectivity index (χ0n) is 14.3. The van der Waals surface area contributed by atoms with E-state index in [1.54, 1.807) is 0 Å². The van der Waals surface area contributed by atoms with Crippen LogP contribution in [-0.4, -0.2) is 9.76 Å². The number of hydrogen-bond donors (Lipinski definition) is 0. The molecule has 0 saturated heterocycles. The van der Waals surface area contributed by atoms with Gasteiger partial charge in [-0.05, 0) is 39.2 Å². The van der Waals surface area contributed by atoms with E-state index in [1.807, 2.05) is 18.2 Å². The van der Waals surface area contributed by atoms with Crippen molar-refractivity contribution in [1.29, 1.82) is 0 Å². The van der Waals surface area contributed by atoms with Crippen molar-refractivity contribution in [3.05, 3.63) is 114 Å². The lowest BCUT2D eigenvalue weighted by Gasteiger charge is -2.10. The fourth-order valence-corrected chi connectivity index (χ4v) is 3.72. The van der Waals surface area contributed by atoms with Crippen LogP contribution in [0, 0.1) is 0 Å². The molecule has 0 heterocycles. The molecule has 4 aromatic rings. The van der Waals surface area contributed by atoms with Gasteiger partial charge in [0.05, 0.1) is 0 Å². The molecule has 0 amide bonds. The van der Waals surface area contributed by atoms with Crippen LogP contribution in [0.15, 0.2) is 103 Å². The SMILES string of the molecule is C(=C(/[Si]Oc1ccc2ccccc2c1)c1ccccc1)/c1ccccc1. The number of fused-ring (bicyclic) bond motifs is 1. The topological polar surface area (TPSA) is 9.23 Å². The maximum absolute atomic E-state index is 6.16. The van der Waals surface area contributed by atoms with Crippen LogP contribution in [0.3, 0.4) is 0 Å². The molecular formula is C24H18OSi. The van der Waals surface area contributed by atoms with Gasteiger partial charge in [0, 0.05) is 0 Å². The minimum absolute atomic E-state index is 0.236. The van der Waals surface area contributed by atoms with Gasteiger partial charge in [0.2, 0.25) is 0 Å². The molecule has 124 valence electrons. The van der Waals surface area contributed by atoms with Gasteiger partial charge in [0.25, 0.3) is 0 Å². The minimum Gasteiger partial charge on any atom is -0.536 e. The Labute approximate surface area is 156 Å². The highest BCUT2D eigenvalue weighted by Crippen LogP contribution is 2.23. The van der Waals surface area contributed by atoms with E-state index in [1.165, 1.54) is 27.1 Å². The summed E-state index contributed by atoms with van der Waals surface area (Å²) in [4.78, 5) is 0. The maximum atomic E-state index is 6.16. The molecule has 0 spiro atoms. The molecule has 2 heteroatoms. The van der Waals surface area contributed by atoms with Gasteiger partial charge in [-0.2, -0.15) is 0 Å². The van der Waals surface area contributed by atoms with Crippen molar-refractivity contribution < 1.29 is 4.43 Å². The van der Waals surface area contributed by atoms with Crippen LogP contribution in [0.1, 0.15) is 11.1 Å². The van der Waals surface area contributed by atoms with E-state index in [9.17, 15) is 0 Å². The Bertz CT molecular complexity index is 1020. The molecule has 0 aromatic heterocycles. The summed E-state index contributed by atoms with van der Waals surface area (Å²) in [6, 6.07) is 35.4. The van der Waals surface area contributed by atoms with Gasteiger partial charge in [0.1, 0.15) is 5.75 Å². The number of hydrogen-bond acceptors (Lipinski definition) is 1. The monoisotopic (exact) mass is 350 g/mol. The van der Waals surface area contributed by atoms with E-state index in [4.69, 9.17) is 4.43 Å². The molecule has 0 saturated carbocycles. The zero-order valence-corrected chi connectivity index (χ0v) is 15.3. The summed E-state index contributed by atoms with van der Waals surface area (Å²) in [6.07, 6.45) is 2.20. The van der Waals surface area contributed by atoms with Gasteiger partial charge >= 0.3 is 9.76 Å². The summed E-state index contributed by atoms with van der Waals surface area (Å²) in [5.74, 6) is 0.900. The van der Waals surface area contributed by atoms with Crippen molar-refractivity contribution in [2.24, 2.45) is 0 Å². The van der Waals surface area contributed by atoms with Gasteiger partial charge in [0.15, 0.2) is 0 Å². The third-order valence-corrected chi connectivity index (χ3v) is 5.19. The Morgan fingerprint density at radius 2 is 1.31 bits per heavy atom. The van der Waals surface area contributed by atoms with Gasteiger partial charge in [-0.3, -0.25) is 0 Å². The first kappa shape index (κ1) is 16.4. The summed E-state index contributed by atoms with van der Waals surface area (Å²) in [7, 11) is 0.236. The van der Waals surface area contributed by atoms with Crippen molar-refractivity contribution in [3.8, 4) is 5.75 Å². The number of rotatable bonds is 5. The number of benzene rings is 4. The molecule has 1 nitrogen and oxygen atoms in total. The molecule has 26 heavy (non-hydrogen) atoms. The lowest BCUT2D eigenvalue weighted by Crippen LogP contribution is -2.05. The van der Waals surface area contributed by atoms with E-state index in [0.717, 1.165) is 5.75 Å². The molecular weight excluding hydrogens is 332 g/mol. The Morgan fingerprint density at radius 1 is 0.654 bits per heavy atom. The molecule has 4 aromatic carbocycles. The maximum Gasteiger partial charge on any atom is 0.351 e. The second-order valence-electron chi connectivity index (χ2n) is 6.05. The molecule has 2 radical (unpaired) electrons. The summed E-state index contributed by atoms with van der Waals surface area (Å²) < 4.78 is 6.16. The van der Waals surface area contributed by atoms with Crippen LogP contribution >= 0.6 is 0 Å². The van der Waals surface area contributed by atoms with Gasteiger partial charge in [-0.25, -0.2) is 0 Å². The van der Waals surface area contributed by atoms with E-state index in [0.29, 0.717) is 0 Å². The average molecular weight is 350 g/mol. The summed E-state index contributed by atoms with van der Waals surface area (Å²) in [6.45, 7) is 0.